The highest BCUT2D eigenvalue weighted by Gasteiger charge is 2.22. The van der Waals surface area contributed by atoms with Gasteiger partial charge in [-0.2, -0.15) is 14.0 Å². The molecule has 0 saturated heterocycles. The van der Waals surface area contributed by atoms with Crippen molar-refractivity contribution in [1.29, 1.82) is 5.26 Å². The van der Waals surface area contributed by atoms with Crippen molar-refractivity contribution in [2.45, 2.75) is 0 Å². The molecule has 8 heteroatoms. The van der Waals surface area contributed by atoms with Gasteiger partial charge in [0.25, 0.3) is 0 Å². The summed E-state index contributed by atoms with van der Waals surface area (Å²) in [5.41, 5.74) is 4.50. The van der Waals surface area contributed by atoms with Gasteiger partial charge < -0.3 is 0 Å². The van der Waals surface area contributed by atoms with E-state index in [9.17, 15) is 13.2 Å². The van der Waals surface area contributed by atoms with Gasteiger partial charge in [-0.15, -0.1) is 0 Å². The lowest BCUT2D eigenvalue weighted by Crippen LogP contribution is -1.98. The van der Waals surface area contributed by atoms with Crippen molar-refractivity contribution in [2.75, 3.05) is 0 Å². The van der Waals surface area contributed by atoms with Crippen LogP contribution in [0.3, 0.4) is 0 Å². The SMILES string of the molecule is N#Cc1c(F)cc(F)c(-c2ccc(-c3cc4c(-c5ccccc5)nc5ccccc5c4c4nsnc34)cc2)c1F. The molecule has 0 atom stereocenters. The quantitative estimate of drug-likeness (QED) is 0.209. The molecule has 0 aliphatic heterocycles. The zero-order valence-electron chi connectivity index (χ0n) is 20.5. The summed E-state index contributed by atoms with van der Waals surface area (Å²) in [6.07, 6.45) is 0. The molecule has 0 amide bonds. The second-order valence-corrected chi connectivity index (χ2v) is 9.77. The fraction of sp³-hybridized carbons (Fsp3) is 0. The molecule has 0 fully saturated rings. The minimum absolute atomic E-state index is 0.182. The molecule has 190 valence electrons. The first-order valence-corrected chi connectivity index (χ1v) is 13.0. The molecule has 0 radical (unpaired) electrons. The standard InChI is InChI=1S/C32H15F3N4S/c33-24-15-25(34)27(29(35)23(24)16-36)18-12-10-17(11-13-18)21-14-22-28(32-31(21)38-40-39-32)20-8-4-5-9-26(20)37-30(22)19-6-2-1-3-7-19/h1-15H. The summed E-state index contributed by atoms with van der Waals surface area (Å²) >= 11 is 1.11. The highest BCUT2D eigenvalue weighted by Crippen LogP contribution is 2.41. The number of benzene rings is 5. The first-order valence-electron chi connectivity index (χ1n) is 12.3. The Balaban J connectivity index is 1.48. The molecule has 0 N–H and O–H groups in total. The maximum absolute atomic E-state index is 14.9. The van der Waals surface area contributed by atoms with Crippen LogP contribution in [0.15, 0.2) is 91.0 Å². The highest BCUT2D eigenvalue weighted by molar-refractivity contribution is 7.00. The Hall–Kier alpha value is -5.13. The summed E-state index contributed by atoms with van der Waals surface area (Å²) in [5.74, 6) is -3.54. The van der Waals surface area contributed by atoms with Crippen molar-refractivity contribution in [3.63, 3.8) is 0 Å². The first-order chi connectivity index (χ1) is 19.5. The van der Waals surface area contributed by atoms with Crippen LogP contribution in [-0.2, 0) is 0 Å². The molecular formula is C32H15F3N4S. The Morgan fingerprint density at radius 1 is 0.675 bits per heavy atom. The summed E-state index contributed by atoms with van der Waals surface area (Å²) in [5, 5.41) is 11.9. The first kappa shape index (κ1) is 23.9. The van der Waals surface area contributed by atoms with E-state index >= 15 is 0 Å². The lowest BCUT2D eigenvalue weighted by Gasteiger charge is -2.13. The molecule has 0 saturated carbocycles. The Labute approximate surface area is 229 Å². The Morgan fingerprint density at radius 2 is 1.38 bits per heavy atom. The number of pyridine rings is 1. The average Bonchev–Trinajstić information content (AvgIpc) is 3.47. The molecule has 5 aromatic carbocycles. The van der Waals surface area contributed by atoms with Crippen molar-refractivity contribution < 1.29 is 13.2 Å². The number of rotatable bonds is 3. The van der Waals surface area contributed by atoms with Crippen molar-refractivity contribution >= 4 is 44.4 Å². The van der Waals surface area contributed by atoms with Crippen LogP contribution in [0.4, 0.5) is 13.2 Å². The number of hydrogen-bond acceptors (Lipinski definition) is 5. The van der Waals surface area contributed by atoms with E-state index in [1.165, 1.54) is 6.07 Å². The molecule has 2 aromatic heterocycles. The third-order valence-electron chi connectivity index (χ3n) is 7.01. The molecule has 4 nitrogen and oxygen atoms in total. The maximum Gasteiger partial charge on any atom is 0.154 e. The monoisotopic (exact) mass is 544 g/mol. The normalized spacial score (nSPS) is 11.3. The number of halogens is 3. The van der Waals surface area contributed by atoms with E-state index in [-0.39, 0.29) is 5.56 Å². The van der Waals surface area contributed by atoms with E-state index in [1.807, 2.05) is 60.7 Å². The molecular weight excluding hydrogens is 529 g/mol. The van der Waals surface area contributed by atoms with Crippen molar-refractivity contribution in [3.8, 4) is 39.6 Å². The lowest BCUT2D eigenvalue weighted by molar-refractivity contribution is 0.543. The Bertz CT molecular complexity index is 2150. The van der Waals surface area contributed by atoms with Gasteiger partial charge in [0, 0.05) is 33.4 Å². The van der Waals surface area contributed by atoms with Crippen LogP contribution in [0.25, 0.3) is 66.2 Å². The van der Waals surface area contributed by atoms with Gasteiger partial charge in [0.1, 0.15) is 34.3 Å². The summed E-state index contributed by atoms with van der Waals surface area (Å²) in [4.78, 5) is 5.01. The Morgan fingerprint density at radius 3 is 2.15 bits per heavy atom. The van der Waals surface area contributed by atoms with Crippen molar-refractivity contribution in [3.05, 3.63) is 114 Å². The second-order valence-electron chi connectivity index (χ2n) is 9.25. The van der Waals surface area contributed by atoms with Gasteiger partial charge in [0.15, 0.2) is 5.82 Å². The predicted molar refractivity (Wildman–Crippen MR) is 151 cm³/mol. The molecule has 0 unspecified atom stereocenters. The molecule has 0 aliphatic carbocycles. The van der Waals surface area contributed by atoms with Gasteiger partial charge in [-0.25, -0.2) is 18.2 Å². The smallest absolute Gasteiger partial charge is 0.154 e. The summed E-state index contributed by atoms with van der Waals surface area (Å²) < 4.78 is 52.6. The zero-order valence-corrected chi connectivity index (χ0v) is 21.3. The number of nitrogens with zero attached hydrogens (tertiary/aromatic N) is 4. The van der Waals surface area contributed by atoms with E-state index < -0.39 is 28.6 Å². The number of hydrogen-bond donors (Lipinski definition) is 0. The number of para-hydroxylation sites is 1. The van der Waals surface area contributed by atoms with E-state index in [0.717, 1.165) is 61.3 Å². The van der Waals surface area contributed by atoms with Gasteiger partial charge >= 0.3 is 0 Å². The number of nitriles is 1. The maximum atomic E-state index is 14.9. The third-order valence-corrected chi connectivity index (χ3v) is 7.54. The van der Waals surface area contributed by atoms with Gasteiger partial charge in [-0.05, 0) is 23.3 Å². The van der Waals surface area contributed by atoms with E-state index in [1.54, 1.807) is 24.3 Å². The van der Waals surface area contributed by atoms with Crippen molar-refractivity contribution in [1.82, 2.24) is 13.7 Å². The Kier molecular flexibility index (Phi) is 5.54. The van der Waals surface area contributed by atoms with Crippen LogP contribution < -0.4 is 0 Å². The lowest BCUT2D eigenvalue weighted by atomic mass is 9.93. The largest absolute Gasteiger partial charge is 0.247 e. The third kappa shape index (κ3) is 3.63. The molecule has 0 bridgehead atoms. The van der Waals surface area contributed by atoms with Crippen molar-refractivity contribution in [2.24, 2.45) is 0 Å². The molecule has 0 spiro atoms. The fourth-order valence-electron chi connectivity index (χ4n) is 5.17. The molecule has 2 heterocycles. The minimum Gasteiger partial charge on any atom is -0.247 e. The average molecular weight is 545 g/mol. The van der Waals surface area contributed by atoms with Crippen LogP contribution in [-0.4, -0.2) is 13.7 Å². The predicted octanol–water partition coefficient (Wildman–Crippen LogP) is 8.68. The van der Waals surface area contributed by atoms with E-state index in [4.69, 9.17) is 10.2 Å². The fourth-order valence-corrected chi connectivity index (χ4v) is 5.74. The van der Waals surface area contributed by atoms with Crippen LogP contribution >= 0.6 is 11.7 Å². The number of fused-ring (bicyclic) bond motifs is 5. The molecule has 7 aromatic rings. The highest BCUT2D eigenvalue weighted by atomic mass is 32.1. The van der Waals surface area contributed by atoms with Crippen LogP contribution in [0, 0.1) is 28.8 Å². The minimum atomic E-state index is -1.23. The van der Waals surface area contributed by atoms with Gasteiger partial charge in [0.05, 0.1) is 28.5 Å². The van der Waals surface area contributed by atoms with Gasteiger partial charge in [-0.3, -0.25) is 0 Å². The summed E-state index contributed by atoms with van der Waals surface area (Å²) in [7, 11) is 0. The number of aromatic nitrogens is 3. The summed E-state index contributed by atoms with van der Waals surface area (Å²) in [6, 6.07) is 28.4. The molecule has 40 heavy (non-hydrogen) atoms. The van der Waals surface area contributed by atoms with Crippen LogP contribution in [0.1, 0.15) is 5.56 Å². The van der Waals surface area contributed by atoms with Gasteiger partial charge in [0.2, 0.25) is 0 Å². The second kappa shape index (κ2) is 9.26. The van der Waals surface area contributed by atoms with E-state index in [2.05, 4.69) is 8.75 Å². The zero-order chi connectivity index (χ0) is 27.4. The van der Waals surface area contributed by atoms with Crippen LogP contribution in [0.5, 0.6) is 0 Å². The van der Waals surface area contributed by atoms with Crippen LogP contribution in [0.2, 0.25) is 0 Å². The van der Waals surface area contributed by atoms with Gasteiger partial charge in [-0.1, -0.05) is 72.8 Å². The summed E-state index contributed by atoms with van der Waals surface area (Å²) in [6.45, 7) is 0. The topological polar surface area (TPSA) is 62.5 Å². The molecule has 7 rings (SSSR count). The molecule has 0 aliphatic rings. The van der Waals surface area contributed by atoms with E-state index in [0.29, 0.717) is 11.6 Å².